The van der Waals surface area contributed by atoms with Gasteiger partial charge in [0.2, 0.25) is 5.91 Å². The summed E-state index contributed by atoms with van der Waals surface area (Å²) in [6.07, 6.45) is 3.63. The van der Waals surface area contributed by atoms with Gasteiger partial charge in [0, 0.05) is 38.0 Å². The zero-order valence-corrected chi connectivity index (χ0v) is 18.0. The molecule has 0 aliphatic carbocycles. The molecular formula is C25H27N5O2. The molecule has 2 aliphatic rings. The van der Waals surface area contributed by atoms with Crippen molar-refractivity contribution in [2.24, 2.45) is 5.92 Å². The number of benzene rings is 2. The molecule has 2 aliphatic heterocycles. The van der Waals surface area contributed by atoms with Crippen LogP contribution in [0.2, 0.25) is 0 Å². The van der Waals surface area contributed by atoms with E-state index in [0.29, 0.717) is 17.8 Å². The number of anilines is 1. The van der Waals surface area contributed by atoms with Crippen molar-refractivity contribution in [1.29, 1.82) is 0 Å². The van der Waals surface area contributed by atoms with E-state index in [1.165, 1.54) is 0 Å². The third-order valence-electron chi connectivity index (χ3n) is 7.00. The van der Waals surface area contributed by atoms with E-state index in [9.17, 15) is 4.79 Å². The van der Waals surface area contributed by atoms with Crippen molar-refractivity contribution >= 4 is 34.1 Å². The molecule has 1 N–H and O–H groups in total. The van der Waals surface area contributed by atoms with E-state index in [4.69, 9.17) is 9.40 Å². The third-order valence-corrected chi connectivity index (χ3v) is 7.00. The first kappa shape index (κ1) is 19.3. The van der Waals surface area contributed by atoms with Crippen molar-refractivity contribution in [1.82, 2.24) is 19.9 Å². The Balaban J connectivity index is 1.04. The number of aromatic amines is 1. The number of piperidine rings is 2. The minimum atomic E-state index is 0.0957. The van der Waals surface area contributed by atoms with Crippen LogP contribution in [-0.4, -0.2) is 51.9 Å². The molecule has 32 heavy (non-hydrogen) atoms. The number of likely N-dealkylation sites (tertiary alicyclic amines) is 1. The molecule has 2 aromatic heterocycles. The standard InChI is InChI=1S/C25H27N5O2/c31-24(18-11-15-30(16-12-18)25-28-21-7-3-4-8-22(21)32-25)29-13-9-17(10-14-29)23-26-19-5-1-2-6-20(19)27-23/h1-8,17-18H,9-16H2,(H,26,27). The van der Waals surface area contributed by atoms with Crippen LogP contribution < -0.4 is 4.90 Å². The number of hydrogen-bond acceptors (Lipinski definition) is 5. The topological polar surface area (TPSA) is 78.3 Å². The van der Waals surface area contributed by atoms with Crippen LogP contribution in [0.15, 0.2) is 52.9 Å². The minimum Gasteiger partial charge on any atom is -0.423 e. The summed E-state index contributed by atoms with van der Waals surface area (Å²) in [6, 6.07) is 16.7. The van der Waals surface area contributed by atoms with Crippen molar-refractivity contribution in [2.45, 2.75) is 31.6 Å². The van der Waals surface area contributed by atoms with E-state index in [-0.39, 0.29) is 5.92 Å². The molecule has 0 spiro atoms. The molecule has 0 saturated carbocycles. The molecule has 0 atom stereocenters. The highest BCUT2D eigenvalue weighted by Gasteiger charge is 2.32. The molecule has 0 unspecified atom stereocenters. The van der Waals surface area contributed by atoms with Gasteiger partial charge >= 0.3 is 0 Å². The van der Waals surface area contributed by atoms with Gasteiger partial charge in [-0.1, -0.05) is 24.3 Å². The Kier molecular flexibility index (Phi) is 4.82. The summed E-state index contributed by atoms with van der Waals surface area (Å²) < 4.78 is 5.91. The fourth-order valence-electron chi connectivity index (χ4n) is 5.11. The number of imidazole rings is 1. The number of carbonyl (C=O) groups excluding carboxylic acids is 1. The molecular weight excluding hydrogens is 402 g/mol. The first-order chi connectivity index (χ1) is 15.7. The lowest BCUT2D eigenvalue weighted by atomic mass is 9.92. The molecule has 6 rings (SSSR count). The summed E-state index contributed by atoms with van der Waals surface area (Å²) in [5.41, 5.74) is 3.81. The second-order valence-electron chi connectivity index (χ2n) is 8.96. The average Bonchev–Trinajstić information content (AvgIpc) is 3.48. The largest absolute Gasteiger partial charge is 0.423 e. The maximum Gasteiger partial charge on any atom is 0.298 e. The third kappa shape index (κ3) is 3.51. The van der Waals surface area contributed by atoms with Gasteiger partial charge in [0.05, 0.1) is 11.0 Å². The van der Waals surface area contributed by atoms with Gasteiger partial charge < -0.3 is 19.2 Å². The Morgan fingerprint density at radius 1 is 0.875 bits per heavy atom. The van der Waals surface area contributed by atoms with Gasteiger partial charge in [0.25, 0.3) is 6.01 Å². The van der Waals surface area contributed by atoms with Crippen LogP contribution in [0.25, 0.3) is 22.1 Å². The molecule has 0 radical (unpaired) electrons. The molecule has 164 valence electrons. The van der Waals surface area contributed by atoms with Crippen molar-refractivity contribution in [3.05, 3.63) is 54.4 Å². The number of nitrogens with zero attached hydrogens (tertiary/aromatic N) is 4. The second-order valence-corrected chi connectivity index (χ2v) is 8.96. The van der Waals surface area contributed by atoms with Crippen LogP contribution in [0.3, 0.4) is 0 Å². The summed E-state index contributed by atoms with van der Waals surface area (Å²) in [5.74, 6) is 1.86. The molecule has 4 aromatic rings. The van der Waals surface area contributed by atoms with Crippen LogP contribution in [0, 0.1) is 5.92 Å². The van der Waals surface area contributed by atoms with E-state index >= 15 is 0 Å². The summed E-state index contributed by atoms with van der Waals surface area (Å²) in [6.45, 7) is 3.23. The maximum absolute atomic E-state index is 13.2. The Bertz CT molecular complexity index is 1080. The van der Waals surface area contributed by atoms with Crippen molar-refractivity contribution in [3.8, 4) is 0 Å². The summed E-state index contributed by atoms with van der Waals surface area (Å²) in [7, 11) is 0. The van der Waals surface area contributed by atoms with Gasteiger partial charge in [-0.15, -0.1) is 0 Å². The minimum absolute atomic E-state index is 0.0957. The van der Waals surface area contributed by atoms with E-state index in [2.05, 4.69) is 25.8 Å². The number of nitrogens with one attached hydrogen (secondary N) is 1. The fourth-order valence-corrected chi connectivity index (χ4v) is 5.11. The van der Waals surface area contributed by atoms with E-state index in [1.807, 2.05) is 42.5 Å². The predicted molar refractivity (Wildman–Crippen MR) is 124 cm³/mol. The number of fused-ring (bicyclic) bond motifs is 2. The van der Waals surface area contributed by atoms with Gasteiger partial charge in [-0.25, -0.2) is 4.98 Å². The van der Waals surface area contributed by atoms with Crippen LogP contribution >= 0.6 is 0 Å². The Morgan fingerprint density at radius 3 is 2.34 bits per heavy atom. The summed E-state index contributed by atoms with van der Waals surface area (Å²) in [4.78, 5) is 30.2. The fraction of sp³-hybridized carbons (Fsp3) is 0.400. The first-order valence-corrected chi connectivity index (χ1v) is 11.6. The van der Waals surface area contributed by atoms with Crippen LogP contribution in [-0.2, 0) is 4.79 Å². The second kappa shape index (κ2) is 7.97. The smallest absolute Gasteiger partial charge is 0.298 e. The molecule has 2 fully saturated rings. The molecule has 4 heterocycles. The van der Waals surface area contributed by atoms with E-state index in [1.54, 1.807) is 0 Å². The SMILES string of the molecule is O=C(C1CCN(c2nc3ccccc3o2)CC1)N1CCC(c2nc3ccccc3[nH]2)CC1. The quantitative estimate of drug-likeness (QED) is 0.525. The first-order valence-electron chi connectivity index (χ1n) is 11.6. The Hall–Kier alpha value is -3.35. The molecule has 7 nitrogen and oxygen atoms in total. The number of amides is 1. The molecule has 0 bridgehead atoms. The van der Waals surface area contributed by atoms with Gasteiger partial charge in [-0.05, 0) is 49.9 Å². The zero-order valence-electron chi connectivity index (χ0n) is 18.0. The van der Waals surface area contributed by atoms with Gasteiger partial charge in [0.1, 0.15) is 11.3 Å². The van der Waals surface area contributed by atoms with E-state index < -0.39 is 0 Å². The maximum atomic E-state index is 13.2. The number of rotatable bonds is 3. The summed E-state index contributed by atoms with van der Waals surface area (Å²) >= 11 is 0. The lowest BCUT2D eigenvalue weighted by Gasteiger charge is -2.36. The van der Waals surface area contributed by atoms with Gasteiger partial charge in [-0.3, -0.25) is 4.79 Å². The van der Waals surface area contributed by atoms with E-state index in [0.717, 1.165) is 79.8 Å². The monoisotopic (exact) mass is 429 g/mol. The van der Waals surface area contributed by atoms with Crippen molar-refractivity contribution in [2.75, 3.05) is 31.1 Å². The highest BCUT2D eigenvalue weighted by Crippen LogP contribution is 2.31. The number of para-hydroxylation sites is 4. The summed E-state index contributed by atoms with van der Waals surface area (Å²) in [5, 5.41) is 0. The van der Waals surface area contributed by atoms with Crippen LogP contribution in [0.4, 0.5) is 6.01 Å². The number of aromatic nitrogens is 3. The molecule has 7 heteroatoms. The number of H-pyrrole nitrogens is 1. The van der Waals surface area contributed by atoms with Crippen molar-refractivity contribution < 1.29 is 9.21 Å². The van der Waals surface area contributed by atoms with Gasteiger partial charge in [0.15, 0.2) is 5.58 Å². The highest BCUT2D eigenvalue weighted by molar-refractivity contribution is 5.79. The Morgan fingerprint density at radius 2 is 1.59 bits per heavy atom. The van der Waals surface area contributed by atoms with Crippen LogP contribution in [0.1, 0.15) is 37.4 Å². The lowest BCUT2D eigenvalue weighted by molar-refractivity contribution is -0.137. The van der Waals surface area contributed by atoms with Crippen molar-refractivity contribution in [3.63, 3.8) is 0 Å². The normalized spacial score (nSPS) is 18.6. The number of oxazole rings is 1. The molecule has 2 saturated heterocycles. The van der Waals surface area contributed by atoms with Gasteiger partial charge in [-0.2, -0.15) is 4.98 Å². The highest BCUT2D eigenvalue weighted by atomic mass is 16.4. The average molecular weight is 430 g/mol. The zero-order chi connectivity index (χ0) is 21.5. The Labute approximate surface area is 186 Å². The molecule has 1 amide bonds. The van der Waals surface area contributed by atoms with Crippen LogP contribution in [0.5, 0.6) is 0 Å². The molecule has 2 aromatic carbocycles. The number of hydrogen-bond donors (Lipinski definition) is 1. The predicted octanol–water partition coefficient (Wildman–Crippen LogP) is 4.33. The number of carbonyl (C=O) groups is 1. The lowest BCUT2D eigenvalue weighted by Crippen LogP contribution is -2.45.